The molecule has 0 saturated carbocycles. The van der Waals surface area contributed by atoms with Gasteiger partial charge in [0.25, 0.3) is 0 Å². The van der Waals surface area contributed by atoms with Crippen LogP contribution in [0, 0.1) is 18.6 Å². The molecule has 0 spiro atoms. The predicted octanol–water partition coefficient (Wildman–Crippen LogP) is 3.85. The highest BCUT2D eigenvalue weighted by molar-refractivity contribution is 5.96. The molecule has 0 radical (unpaired) electrons. The zero-order valence-electron chi connectivity index (χ0n) is 17.1. The van der Waals surface area contributed by atoms with Crippen molar-refractivity contribution in [2.24, 2.45) is 0 Å². The Morgan fingerprint density at radius 3 is 2.34 bits per heavy atom. The number of nitrogens with zero attached hydrogens (tertiary/aromatic N) is 2. The number of hydrogen-bond acceptors (Lipinski definition) is 4. The van der Waals surface area contributed by atoms with Crippen LogP contribution in [0.3, 0.4) is 0 Å². The zero-order chi connectivity index (χ0) is 21.0. The smallest absolute Gasteiger partial charge is 0.246 e. The third kappa shape index (κ3) is 5.03. The summed E-state index contributed by atoms with van der Waals surface area (Å²) >= 11 is 0. The molecular formula is C22H28F2N4O. The van der Waals surface area contributed by atoms with Gasteiger partial charge < -0.3 is 20.4 Å². The molecule has 0 bridgehead atoms. The molecule has 29 heavy (non-hydrogen) atoms. The number of nitrogens with one attached hydrogen (secondary N) is 2. The van der Waals surface area contributed by atoms with E-state index in [-0.39, 0.29) is 0 Å². The number of anilines is 3. The first-order valence-corrected chi connectivity index (χ1v) is 9.98. The van der Waals surface area contributed by atoms with E-state index in [9.17, 15) is 13.6 Å². The molecule has 0 aromatic heterocycles. The normalized spacial score (nSPS) is 15.8. The molecule has 3 rings (SSSR count). The number of amides is 1. The average Bonchev–Trinajstić information content (AvgIpc) is 2.71. The monoisotopic (exact) mass is 402 g/mol. The van der Waals surface area contributed by atoms with Gasteiger partial charge in [-0.1, -0.05) is 13.0 Å². The van der Waals surface area contributed by atoms with Crippen LogP contribution < -0.4 is 15.5 Å². The van der Waals surface area contributed by atoms with E-state index in [4.69, 9.17) is 0 Å². The number of carbonyl (C=O) groups excluding carboxylic acids is 1. The van der Waals surface area contributed by atoms with E-state index < -0.39 is 29.3 Å². The summed E-state index contributed by atoms with van der Waals surface area (Å²) in [4.78, 5) is 17.2. The third-order valence-electron chi connectivity index (χ3n) is 5.34. The first-order chi connectivity index (χ1) is 13.9. The maximum absolute atomic E-state index is 13.7. The Balaban J connectivity index is 1.63. The lowest BCUT2D eigenvalue weighted by Gasteiger charge is -2.36. The Morgan fingerprint density at radius 2 is 1.76 bits per heavy atom. The van der Waals surface area contributed by atoms with Crippen molar-refractivity contribution in [2.45, 2.75) is 26.8 Å². The maximum Gasteiger partial charge on any atom is 0.246 e. The fourth-order valence-electron chi connectivity index (χ4n) is 3.57. The van der Waals surface area contributed by atoms with Crippen molar-refractivity contribution in [3.63, 3.8) is 0 Å². The number of halogens is 2. The number of benzene rings is 2. The van der Waals surface area contributed by atoms with Gasteiger partial charge in [0.2, 0.25) is 5.91 Å². The topological polar surface area (TPSA) is 47.6 Å². The Kier molecular flexibility index (Phi) is 6.69. The highest BCUT2D eigenvalue weighted by atomic mass is 19.1. The molecular weight excluding hydrogens is 374 g/mol. The van der Waals surface area contributed by atoms with E-state index in [1.165, 1.54) is 11.8 Å². The summed E-state index contributed by atoms with van der Waals surface area (Å²) in [5.41, 5.74) is 2.67. The molecule has 1 heterocycles. The van der Waals surface area contributed by atoms with E-state index in [0.717, 1.165) is 56.1 Å². The number of aryl methyl sites for hydroxylation is 1. The van der Waals surface area contributed by atoms with Crippen LogP contribution in [-0.2, 0) is 4.79 Å². The van der Waals surface area contributed by atoms with Gasteiger partial charge in [-0.05, 0) is 56.3 Å². The van der Waals surface area contributed by atoms with Crippen LogP contribution in [0.25, 0.3) is 0 Å². The van der Waals surface area contributed by atoms with E-state index in [1.807, 2.05) is 19.1 Å². The number of likely N-dealkylation sites (N-methyl/N-ethyl adjacent to an activating group) is 1. The molecule has 1 aliphatic rings. The van der Waals surface area contributed by atoms with E-state index in [2.05, 4.69) is 33.4 Å². The van der Waals surface area contributed by atoms with Crippen molar-refractivity contribution >= 4 is 23.0 Å². The quantitative estimate of drug-likeness (QED) is 0.771. The molecule has 2 aromatic carbocycles. The molecule has 1 unspecified atom stereocenters. The Labute approximate surface area is 170 Å². The van der Waals surface area contributed by atoms with Crippen molar-refractivity contribution in [1.29, 1.82) is 0 Å². The molecule has 1 fully saturated rings. The average molecular weight is 402 g/mol. The lowest BCUT2D eigenvalue weighted by molar-refractivity contribution is -0.116. The number of rotatable bonds is 6. The van der Waals surface area contributed by atoms with E-state index in [0.29, 0.717) is 0 Å². The SMILES string of the molecule is CCN1CCN(c2ccc(NC(C)C(=O)Nc3c(F)cccc3F)cc2C)CC1. The second-order valence-electron chi connectivity index (χ2n) is 7.37. The minimum Gasteiger partial charge on any atom is -0.374 e. The lowest BCUT2D eigenvalue weighted by atomic mass is 10.1. The third-order valence-corrected chi connectivity index (χ3v) is 5.34. The highest BCUT2D eigenvalue weighted by Crippen LogP contribution is 2.25. The molecule has 7 heteroatoms. The maximum atomic E-state index is 13.7. The fraction of sp³-hybridized carbons (Fsp3) is 0.409. The van der Waals surface area contributed by atoms with Crippen molar-refractivity contribution in [3.05, 3.63) is 53.6 Å². The molecule has 1 saturated heterocycles. The number of para-hydroxylation sites is 1. The van der Waals surface area contributed by atoms with Crippen LogP contribution in [-0.4, -0.2) is 49.6 Å². The molecule has 5 nitrogen and oxygen atoms in total. The van der Waals surface area contributed by atoms with Crippen LogP contribution in [0.5, 0.6) is 0 Å². The minimum absolute atomic E-state index is 0.427. The molecule has 156 valence electrons. The van der Waals surface area contributed by atoms with E-state index >= 15 is 0 Å². The van der Waals surface area contributed by atoms with Crippen LogP contribution in [0.2, 0.25) is 0 Å². The van der Waals surface area contributed by atoms with Crippen molar-refractivity contribution in [1.82, 2.24) is 4.90 Å². The summed E-state index contributed by atoms with van der Waals surface area (Å²) in [5, 5.41) is 5.43. The number of hydrogen-bond donors (Lipinski definition) is 2. The predicted molar refractivity (Wildman–Crippen MR) is 114 cm³/mol. The molecule has 2 aromatic rings. The molecule has 1 aliphatic heterocycles. The summed E-state index contributed by atoms with van der Waals surface area (Å²) in [6, 6.07) is 8.80. The Morgan fingerprint density at radius 1 is 1.10 bits per heavy atom. The Bertz CT molecular complexity index is 846. The van der Waals surface area contributed by atoms with Crippen molar-refractivity contribution in [2.75, 3.05) is 48.3 Å². The molecule has 1 atom stereocenters. The van der Waals surface area contributed by atoms with E-state index in [1.54, 1.807) is 6.92 Å². The standard InChI is InChI=1S/C22H28F2N4O/c1-4-27-10-12-28(13-11-27)20-9-8-17(14-15(20)2)25-16(3)22(29)26-21-18(23)6-5-7-19(21)24/h5-9,14,16,25H,4,10-13H2,1-3H3,(H,26,29). The van der Waals surface area contributed by atoms with Gasteiger partial charge in [0.15, 0.2) is 0 Å². The summed E-state index contributed by atoms with van der Waals surface area (Å²) in [6.07, 6.45) is 0. The van der Waals surface area contributed by atoms with Gasteiger partial charge in [-0.2, -0.15) is 0 Å². The van der Waals surface area contributed by atoms with Gasteiger partial charge in [-0.25, -0.2) is 8.78 Å². The zero-order valence-corrected chi connectivity index (χ0v) is 17.1. The van der Waals surface area contributed by atoms with Crippen LogP contribution in [0.1, 0.15) is 19.4 Å². The number of carbonyl (C=O) groups is 1. The van der Waals surface area contributed by atoms with Crippen molar-refractivity contribution in [3.8, 4) is 0 Å². The van der Waals surface area contributed by atoms with Crippen LogP contribution in [0.4, 0.5) is 25.8 Å². The second-order valence-corrected chi connectivity index (χ2v) is 7.37. The summed E-state index contributed by atoms with van der Waals surface area (Å²) in [5.74, 6) is -2.10. The first kappa shape index (κ1) is 21.0. The minimum atomic E-state index is -0.797. The van der Waals surface area contributed by atoms with Crippen molar-refractivity contribution < 1.29 is 13.6 Å². The molecule has 2 N–H and O–H groups in total. The van der Waals surface area contributed by atoms with Gasteiger partial charge in [0, 0.05) is 37.6 Å². The van der Waals surface area contributed by atoms with Gasteiger partial charge in [-0.3, -0.25) is 4.79 Å². The second kappa shape index (κ2) is 9.22. The molecule has 1 amide bonds. The first-order valence-electron chi connectivity index (χ1n) is 9.98. The van der Waals surface area contributed by atoms with Crippen LogP contribution in [0.15, 0.2) is 36.4 Å². The summed E-state index contributed by atoms with van der Waals surface area (Å²) < 4.78 is 27.5. The van der Waals surface area contributed by atoms with Gasteiger partial charge in [-0.15, -0.1) is 0 Å². The molecule has 0 aliphatic carbocycles. The van der Waals surface area contributed by atoms with Gasteiger partial charge >= 0.3 is 0 Å². The fourth-order valence-corrected chi connectivity index (χ4v) is 3.57. The number of piperazine rings is 1. The largest absolute Gasteiger partial charge is 0.374 e. The highest BCUT2D eigenvalue weighted by Gasteiger charge is 2.19. The van der Waals surface area contributed by atoms with Crippen LogP contribution >= 0.6 is 0 Å². The van der Waals surface area contributed by atoms with Gasteiger partial charge in [0.05, 0.1) is 0 Å². The Hall–Kier alpha value is -2.67. The summed E-state index contributed by atoms with van der Waals surface area (Å²) in [6.45, 7) is 11.1. The lowest BCUT2D eigenvalue weighted by Crippen LogP contribution is -2.46. The summed E-state index contributed by atoms with van der Waals surface area (Å²) in [7, 11) is 0. The van der Waals surface area contributed by atoms with Gasteiger partial charge in [0.1, 0.15) is 23.4 Å².